The summed E-state index contributed by atoms with van der Waals surface area (Å²) >= 11 is 1.09. The van der Waals surface area contributed by atoms with Crippen molar-refractivity contribution in [2.75, 3.05) is 5.32 Å². The highest BCUT2D eigenvalue weighted by atomic mass is 32.1. The monoisotopic (exact) mass is 358 g/mol. The van der Waals surface area contributed by atoms with Crippen molar-refractivity contribution in [3.8, 4) is 0 Å². The Kier molecular flexibility index (Phi) is 3.54. The van der Waals surface area contributed by atoms with Gasteiger partial charge in [-0.3, -0.25) is 14.9 Å². The molecule has 0 saturated carbocycles. The highest BCUT2D eigenvalue weighted by molar-refractivity contribution is 7.22. The number of halogens is 2. The second kappa shape index (κ2) is 5.75. The largest absolute Gasteiger partial charge is 0.451 e. The smallest absolute Gasteiger partial charge is 0.293 e. The van der Waals surface area contributed by atoms with E-state index >= 15 is 0 Å². The van der Waals surface area contributed by atoms with Gasteiger partial charge in [-0.05, 0) is 36.4 Å². The fraction of sp³-hybridized carbons (Fsp3) is 0. The first-order chi connectivity index (χ1) is 12.0. The average molecular weight is 358 g/mol. The van der Waals surface area contributed by atoms with E-state index in [4.69, 9.17) is 4.42 Å². The molecule has 0 bridgehead atoms. The molecule has 2 heterocycles. The third-order valence-electron chi connectivity index (χ3n) is 3.48. The van der Waals surface area contributed by atoms with Crippen LogP contribution in [-0.2, 0) is 0 Å². The van der Waals surface area contributed by atoms with Gasteiger partial charge in [0, 0.05) is 6.07 Å². The van der Waals surface area contributed by atoms with Crippen LogP contribution in [0.5, 0.6) is 0 Å². The number of carbonyl (C=O) groups excluding carboxylic acids is 1. The van der Waals surface area contributed by atoms with Crippen LogP contribution < -0.4 is 10.7 Å². The average Bonchev–Trinajstić information content (AvgIpc) is 2.96. The number of amides is 1. The molecule has 5 nitrogen and oxygen atoms in total. The van der Waals surface area contributed by atoms with E-state index in [1.165, 1.54) is 24.3 Å². The first kappa shape index (κ1) is 15.4. The summed E-state index contributed by atoms with van der Waals surface area (Å²) in [6.07, 6.45) is 0. The Morgan fingerprint density at radius 3 is 2.68 bits per heavy atom. The summed E-state index contributed by atoms with van der Waals surface area (Å²) in [6, 6.07) is 8.54. The van der Waals surface area contributed by atoms with Crippen LogP contribution in [0.2, 0.25) is 0 Å². The van der Waals surface area contributed by atoms with E-state index in [9.17, 15) is 18.4 Å². The van der Waals surface area contributed by atoms with Crippen molar-refractivity contribution in [1.82, 2.24) is 4.98 Å². The minimum atomic E-state index is -0.678. The van der Waals surface area contributed by atoms with Crippen LogP contribution >= 0.6 is 11.3 Å². The van der Waals surface area contributed by atoms with Gasteiger partial charge in [0.05, 0.1) is 15.6 Å². The molecule has 2 aromatic heterocycles. The third-order valence-corrected chi connectivity index (χ3v) is 4.42. The minimum Gasteiger partial charge on any atom is -0.451 e. The molecule has 4 rings (SSSR count). The summed E-state index contributed by atoms with van der Waals surface area (Å²) in [5.41, 5.74) is 0.111. The van der Waals surface area contributed by atoms with Gasteiger partial charge in [0.2, 0.25) is 0 Å². The Labute approximate surface area is 142 Å². The van der Waals surface area contributed by atoms with Gasteiger partial charge in [0.1, 0.15) is 17.2 Å². The first-order valence-corrected chi connectivity index (χ1v) is 7.92. The zero-order valence-electron chi connectivity index (χ0n) is 12.4. The molecule has 2 aromatic carbocycles. The molecule has 25 heavy (non-hydrogen) atoms. The number of hydrogen-bond donors (Lipinski definition) is 1. The Hall–Kier alpha value is -3.13. The van der Waals surface area contributed by atoms with Crippen LogP contribution in [0.4, 0.5) is 13.9 Å². The van der Waals surface area contributed by atoms with E-state index in [1.807, 2.05) is 0 Å². The van der Waals surface area contributed by atoms with Gasteiger partial charge >= 0.3 is 0 Å². The molecule has 0 atom stereocenters. The number of rotatable bonds is 2. The predicted molar refractivity (Wildman–Crippen MR) is 90.0 cm³/mol. The van der Waals surface area contributed by atoms with E-state index < -0.39 is 23.0 Å². The van der Waals surface area contributed by atoms with E-state index in [2.05, 4.69) is 10.3 Å². The predicted octanol–water partition coefficient (Wildman–Crippen LogP) is 3.93. The lowest BCUT2D eigenvalue weighted by Crippen LogP contribution is -2.14. The second-order valence-electron chi connectivity index (χ2n) is 5.20. The van der Waals surface area contributed by atoms with Gasteiger partial charge in [0.25, 0.3) is 5.91 Å². The molecule has 0 spiro atoms. The van der Waals surface area contributed by atoms with Crippen molar-refractivity contribution >= 4 is 43.6 Å². The molecule has 4 aromatic rings. The maximum absolute atomic E-state index is 13.2. The first-order valence-electron chi connectivity index (χ1n) is 7.10. The van der Waals surface area contributed by atoms with Crippen LogP contribution in [0.25, 0.3) is 21.2 Å². The molecule has 0 unspecified atom stereocenters. The second-order valence-corrected chi connectivity index (χ2v) is 6.23. The van der Waals surface area contributed by atoms with Crippen molar-refractivity contribution in [3.05, 3.63) is 70.1 Å². The van der Waals surface area contributed by atoms with Gasteiger partial charge in [-0.2, -0.15) is 0 Å². The van der Waals surface area contributed by atoms with E-state index in [0.717, 1.165) is 29.5 Å². The number of nitrogens with zero attached hydrogens (tertiary/aromatic N) is 1. The standard InChI is InChI=1S/C17H8F2N2O3S/c18-8-2-4-13-10(5-8)12(22)7-14(24-13)16(23)21-17-20-11-3-1-9(19)6-15(11)25-17/h1-7H,(H,20,21,23). The van der Waals surface area contributed by atoms with Crippen LogP contribution in [0.1, 0.15) is 10.6 Å². The summed E-state index contributed by atoms with van der Waals surface area (Å²) < 4.78 is 32.3. The number of fused-ring (bicyclic) bond motifs is 2. The van der Waals surface area contributed by atoms with Gasteiger partial charge in [-0.15, -0.1) is 0 Å². The van der Waals surface area contributed by atoms with Crippen molar-refractivity contribution < 1.29 is 18.0 Å². The summed E-state index contributed by atoms with van der Waals surface area (Å²) in [7, 11) is 0. The Bertz CT molecular complexity index is 1200. The summed E-state index contributed by atoms with van der Waals surface area (Å²) in [4.78, 5) is 28.5. The van der Waals surface area contributed by atoms with Gasteiger partial charge in [0.15, 0.2) is 16.3 Å². The third kappa shape index (κ3) is 2.87. The van der Waals surface area contributed by atoms with E-state index in [-0.39, 0.29) is 21.9 Å². The number of aromatic nitrogens is 1. The number of hydrogen-bond acceptors (Lipinski definition) is 5. The highest BCUT2D eigenvalue weighted by Crippen LogP contribution is 2.27. The Morgan fingerprint density at radius 2 is 1.84 bits per heavy atom. The van der Waals surface area contributed by atoms with Crippen molar-refractivity contribution in [2.45, 2.75) is 0 Å². The van der Waals surface area contributed by atoms with Gasteiger partial charge in [-0.25, -0.2) is 13.8 Å². The lowest BCUT2D eigenvalue weighted by molar-refractivity contribution is 0.0997. The van der Waals surface area contributed by atoms with Gasteiger partial charge in [-0.1, -0.05) is 11.3 Å². The number of nitrogens with one attached hydrogen (secondary N) is 1. The number of carbonyl (C=O) groups is 1. The van der Waals surface area contributed by atoms with E-state index in [0.29, 0.717) is 10.2 Å². The molecule has 0 aliphatic rings. The molecule has 0 aliphatic heterocycles. The molecule has 0 fully saturated rings. The van der Waals surface area contributed by atoms with E-state index in [1.54, 1.807) is 0 Å². The van der Waals surface area contributed by atoms with Crippen LogP contribution in [0, 0.1) is 11.6 Å². The molecule has 8 heteroatoms. The number of benzene rings is 2. The fourth-order valence-electron chi connectivity index (χ4n) is 2.35. The zero-order chi connectivity index (χ0) is 17.6. The molecular formula is C17H8F2N2O3S. The lowest BCUT2D eigenvalue weighted by atomic mass is 10.2. The minimum absolute atomic E-state index is 0.0482. The van der Waals surface area contributed by atoms with Crippen molar-refractivity contribution in [1.29, 1.82) is 0 Å². The zero-order valence-corrected chi connectivity index (χ0v) is 13.2. The fourth-order valence-corrected chi connectivity index (χ4v) is 3.24. The van der Waals surface area contributed by atoms with Crippen LogP contribution in [-0.4, -0.2) is 10.9 Å². The lowest BCUT2D eigenvalue weighted by Gasteiger charge is -2.02. The Balaban J connectivity index is 1.69. The quantitative estimate of drug-likeness (QED) is 0.589. The summed E-state index contributed by atoms with van der Waals surface area (Å²) in [5, 5.41) is 2.80. The molecule has 0 radical (unpaired) electrons. The summed E-state index contributed by atoms with van der Waals surface area (Å²) in [6.45, 7) is 0. The van der Waals surface area contributed by atoms with Crippen molar-refractivity contribution in [3.63, 3.8) is 0 Å². The van der Waals surface area contributed by atoms with Crippen LogP contribution in [0.3, 0.4) is 0 Å². The topological polar surface area (TPSA) is 72.2 Å². The molecule has 124 valence electrons. The molecule has 0 saturated heterocycles. The molecule has 0 aliphatic carbocycles. The molecule has 1 amide bonds. The highest BCUT2D eigenvalue weighted by Gasteiger charge is 2.15. The summed E-state index contributed by atoms with van der Waals surface area (Å²) in [5.74, 6) is -1.88. The van der Waals surface area contributed by atoms with Gasteiger partial charge < -0.3 is 4.42 Å². The number of anilines is 1. The number of thiazole rings is 1. The van der Waals surface area contributed by atoms with Crippen molar-refractivity contribution in [2.24, 2.45) is 0 Å². The molecule has 1 N–H and O–H groups in total. The Morgan fingerprint density at radius 1 is 1.08 bits per heavy atom. The maximum Gasteiger partial charge on any atom is 0.293 e. The normalized spacial score (nSPS) is 11.1. The SMILES string of the molecule is O=C(Nc1nc2ccc(F)cc2s1)c1cc(=O)c2cc(F)ccc2o1. The maximum atomic E-state index is 13.2. The van der Waals surface area contributed by atoms with Crippen LogP contribution in [0.15, 0.2) is 51.7 Å². The molecular weight excluding hydrogens is 350 g/mol.